The van der Waals surface area contributed by atoms with Gasteiger partial charge in [-0.15, -0.1) is 37.1 Å². The van der Waals surface area contributed by atoms with Crippen molar-refractivity contribution in [2.24, 2.45) is 10.7 Å². The zero-order chi connectivity index (χ0) is 20.9. The number of alkyl halides is 3. The second kappa shape index (κ2) is 10.8. The zero-order valence-electron chi connectivity index (χ0n) is 16.1. The van der Waals surface area contributed by atoms with Crippen LogP contribution in [0.25, 0.3) is 0 Å². The van der Waals surface area contributed by atoms with Crippen LogP contribution in [0.1, 0.15) is 17.5 Å². The van der Waals surface area contributed by atoms with Gasteiger partial charge >= 0.3 is 6.36 Å². The number of nitrogens with one attached hydrogen (secondary N) is 1. The second-order valence-corrected chi connectivity index (χ2v) is 6.84. The SMILES string of the molecule is I.NC(=NCc1ccccc1CN1CCC(O)C1)Nc1ccc(OC(F)(F)F)cc1. The number of likely N-dealkylation sites (tertiary alicyclic amines) is 1. The Morgan fingerprint density at radius 3 is 2.43 bits per heavy atom. The Labute approximate surface area is 189 Å². The van der Waals surface area contributed by atoms with Crippen molar-refractivity contribution >= 4 is 35.6 Å². The third-order valence-corrected chi connectivity index (χ3v) is 4.54. The Kier molecular flexibility index (Phi) is 8.74. The maximum atomic E-state index is 12.2. The number of β-amino-alcohol motifs (C(OH)–C–C–N with tert-alkyl or cyclic N) is 1. The fraction of sp³-hybridized carbons (Fsp3) is 0.350. The molecule has 1 heterocycles. The molecule has 2 aromatic carbocycles. The van der Waals surface area contributed by atoms with Crippen LogP contribution in [0.2, 0.25) is 0 Å². The topological polar surface area (TPSA) is 83.1 Å². The van der Waals surface area contributed by atoms with Crippen LogP contribution < -0.4 is 15.8 Å². The molecule has 0 saturated carbocycles. The first-order chi connectivity index (χ1) is 13.8. The van der Waals surface area contributed by atoms with Gasteiger partial charge in [0.05, 0.1) is 12.6 Å². The summed E-state index contributed by atoms with van der Waals surface area (Å²) in [6.07, 6.45) is -4.21. The number of nitrogens with zero attached hydrogens (tertiary/aromatic N) is 2. The molecule has 1 aliphatic heterocycles. The second-order valence-electron chi connectivity index (χ2n) is 6.84. The van der Waals surface area contributed by atoms with E-state index in [1.54, 1.807) is 0 Å². The minimum absolute atomic E-state index is 0. The number of anilines is 1. The van der Waals surface area contributed by atoms with Gasteiger partial charge in [0.25, 0.3) is 0 Å². The number of nitrogens with two attached hydrogens (primary N) is 1. The van der Waals surface area contributed by atoms with Crippen LogP contribution in [0.15, 0.2) is 53.5 Å². The van der Waals surface area contributed by atoms with E-state index in [1.165, 1.54) is 24.3 Å². The Bertz CT molecular complexity index is 847. The molecule has 0 amide bonds. The number of aliphatic hydroxyl groups excluding tert-OH is 1. The summed E-state index contributed by atoms with van der Waals surface area (Å²) in [5, 5.41) is 12.5. The van der Waals surface area contributed by atoms with E-state index in [9.17, 15) is 18.3 Å². The van der Waals surface area contributed by atoms with E-state index in [-0.39, 0.29) is 41.8 Å². The van der Waals surface area contributed by atoms with Gasteiger partial charge in [0, 0.05) is 25.3 Å². The summed E-state index contributed by atoms with van der Waals surface area (Å²) >= 11 is 0. The summed E-state index contributed by atoms with van der Waals surface area (Å²) < 4.78 is 40.4. The Balaban J connectivity index is 0.00000320. The highest BCUT2D eigenvalue weighted by atomic mass is 127. The van der Waals surface area contributed by atoms with Gasteiger partial charge < -0.3 is 20.9 Å². The van der Waals surface area contributed by atoms with E-state index in [0.29, 0.717) is 18.8 Å². The monoisotopic (exact) mass is 536 g/mol. The van der Waals surface area contributed by atoms with E-state index in [0.717, 1.165) is 30.6 Å². The molecule has 1 aliphatic rings. The average Bonchev–Trinajstić information content (AvgIpc) is 3.06. The normalized spacial score (nSPS) is 17.5. The Hall–Kier alpha value is -2.05. The fourth-order valence-electron chi connectivity index (χ4n) is 3.16. The third kappa shape index (κ3) is 7.65. The van der Waals surface area contributed by atoms with Crippen molar-refractivity contribution in [1.29, 1.82) is 0 Å². The first-order valence-corrected chi connectivity index (χ1v) is 9.18. The molecular formula is C20H24F3IN4O2. The summed E-state index contributed by atoms with van der Waals surface area (Å²) in [5.41, 5.74) is 8.55. The summed E-state index contributed by atoms with van der Waals surface area (Å²) in [6, 6.07) is 13.1. The molecule has 3 rings (SSSR count). The number of rotatable bonds is 6. The largest absolute Gasteiger partial charge is 0.573 e. The average molecular weight is 536 g/mol. The van der Waals surface area contributed by atoms with Crippen LogP contribution in [0, 0.1) is 0 Å². The number of guanidine groups is 1. The van der Waals surface area contributed by atoms with Crippen molar-refractivity contribution in [1.82, 2.24) is 4.90 Å². The summed E-state index contributed by atoms with van der Waals surface area (Å²) in [5.74, 6) is -0.152. The van der Waals surface area contributed by atoms with Gasteiger partial charge in [-0.05, 0) is 41.8 Å². The number of aliphatic imine (C=N–C) groups is 1. The van der Waals surface area contributed by atoms with Gasteiger partial charge in [-0.1, -0.05) is 24.3 Å². The van der Waals surface area contributed by atoms with Crippen LogP contribution in [-0.4, -0.2) is 41.5 Å². The van der Waals surface area contributed by atoms with Crippen LogP contribution >= 0.6 is 24.0 Å². The highest BCUT2D eigenvalue weighted by Gasteiger charge is 2.30. The van der Waals surface area contributed by atoms with E-state index in [1.807, 2.05) is 24.3 Å². The number of ether oxygens (including phenoxy) is 1. The van der Waals surface area contributed by atoms with Crippen molar-refractivity contribution < 1.29 is 23.0 Å². The molecule has 0 aromatic heterocycles. The molecule has 0 aliphatic carbocycles. The van der Waals surface area contributed by atoms with Gasteiger partial charge in [-0.25, -0.2) is 4.99 Å². The smallest absolute Gasteiger partial charge is 0.406 e. The van der Waals surface area contributed by atoms with E-state index in [2.05, 4.69) is 19.9 Å². The Morgan fingerprint density at radius 2 is 1.83 bits per heavy atom. The minimum Gasteiger partial charge on any atom is -0.406 e. The molecule has 1 fully saturated rings. The van der Waals surface area contributed by atoms with Gasteiger partial charge in [0.2, 0.25) is 0 Å². The molecule has 0 bridgehead atoms. The minimum atomic E-state index is -4.73. The maximum Gasteiger partial charge on any atom is 0.573 e. The molecule has 2 aromatic rings. The highest BCUT2D eigenvalue weighted by Crippen LogP contribution is 2.24. The lowest BCUT2D eigenvalue weighted by Crippen LogP contribution is -2.23. The molecule has 0 radical (unpaired) electrons. The van der Waals surface area contributed by atoms with Crippen molar-refractivity contribution in [3.63, 3.8) is 0 Å². The number of hydrogen-bond donors (Lipinski definition) is 3. The highest BCUT2D eigenvalue weighted by molar-refractivity contribution is 14.0. The molecule has 30 heavy (non-hydrogen) atoms. The molecule has 164 valence electrons. The fourth-order valence-corrected chi connectivity index (χ4v) is 3.16. The van der Waals surface area contributed by atoms with Crippen LogP contribution in [0.5, 0.6) is 5.75 Å². The zero-order valence-corrected chi connectivity index (χ0v) is 18.4. The predicted octanol–water partition coefficient (Wildman–Crippen LogP) is 3.70. The van der Waals surface area contributed by atoms with Crippen LogP contribution in [-0.2, 0) is 13.1 Å². The summed E-state index contributed by atoms with van der Waals surface area (Å²) in [7, 11) is 0. The number of hydrogen-bond acceptors (Lipinski definition) is 4. The van der Waals surface area contributed by atoms with Crippen molar-refractivity contribution in [3.8, 4) is 5.75 Å². The molecule has 0 spiro atoms. The van der Waals surface area contributed by atoms with E-state index in [4.69, 9.17) is 5.73 Å². The molecule has 4 N–H and O–H groups in total. The van der Waals surface area contributed by atoms with Gasteiger partial charge in [-0.3, -0.25) is 4.90 Å². The van der Waals surface area contributed by atoms with E-state index < -0.39 is 6.36 Å². The Morgan fingerprint density at radius 1 is 1.17 bits per heavy atom. The molecule has 6 nitrogen and oxygen atoms in total. The molecule has 1 unspecified atom stereocenters. The van der Waals surface area contributed by atoms with Gasteiger partial charge in [-0.2, -0.15) is 0 Å². The first kappa shape index (κ1) is 24.2. The lowest BCUT2D eigenvalue weighted by molar-refractivity contribution is -0.274. The summed E-state index contributed by atoms with van der Waals surface area (Å²) in [4.78, 5) is 6.52. The van der Waals surface area contributed by atoms with Crippen molar-refractivity contribution in [2.45, 2.75) is 32.0 Å². The number of benzene rings is 2. The number of halogens is 4. The van der Waals surface area contributed by atoms with Crippen LogP contribution in [0.3, 0.4) is 0 Å². The molecule has 10 heteroatoms. The van der Waals surface area contributed by atoms with Crippen molar-refractivity contribution in [3.05, 3.63) is 59.7 Å². The van der Waals surface area contributed by atoms with Gasteiger partial charge in [0.1, 0.15) is 5.75 Å². The molecule has 1 atom stereocenters. The lowest BCUT2D eigenvalue weighted by Gasteiger charge is -2.17. The summed E-state index contributed by atoms with van der Waals surface area (Å²) in [6.45, 7) is 2.61. The lowest BCUT2D eigenvalue weighted by atomic mass is 10.1. The maximum absolute atomic E-state index is 12.2. The quantitative estimate of drug-likeness (QED) is 0.298. The van der Waals surface area contributed by atoms with Gasteiger partial charge in [0.15, 0.2) is 5.96 Å². The predicted molar refractivity (Wildman–Crippen MR) is 120 cm³/mol. The van der Waals surface area contributed by atoms with E-state index >= 15 is 0 Å². The van der Waals surface area contributed by atoms with Crippen LogP contribution in [0.4, 0.5) is 18.9 Å². The molecule has 1 saturated heterocycles. The number of aliphatic hydroxyl groups is 1. The molecular weight excluding hydrogens is 512 g/mol. The standard InChI is InChI=1S/C20H23F3N4O2.HI/c21-20(22,23)29-18-7-5-16(6-8-18)26-19(24)25-11-14-3-1-2-4-15(14)12-27-10-9-17(28)13-27;/h1-8,17,28H,9-13H2,(H3,24,25,26);1H. The van der Waals surface area contributed by atoms with Crippen molar-refractivity contribution in [2.75, 3.05) is 18.4 Å². The third-order valence-electron chi connectivity index (χ3n) is 4.54. The first-order valence-electron chi connectivity index (χ1n) is 9.18.